The predicted molar refractivity (Wildman–Crippen MR) is 120 cm³/mol. The summed E-state index contributed by atoms with van der Waals surface area (Å²) in [5.74, 6) is 0.703. The highest BCUT2D eigenvalue weighted by Crippen LogP contribution is 2.29. The maximum Gasteiger partial charge on any atom is 0.335 e. The Morgan fingerprint density at radius 2 is 1.78 bits per heavy atom. The van der Waals surface area contributed by atoms with E-state index in [2.05, 4.69) is 9.97 Å². The summed E-state index contributed by atoms with van der Waals surface area (Å²) in [6.45, 7) is 4.56. The molecule has 9 nitrogen and oxygen atoms in total. The molecule has 0 radical (unpaired) electrons. The molecule has 0 bridgehead atoms. The van der Waals surface area contributed by atoms with Crippen molar-refractivity contribution >= 4 is 17.1 Å². The first-order valence-electron chi connectivity index (χ1n) is 10.2. The lowest BCUT2D eigenvalue weighted by Crippen LogP contribution is -2.23. The van der Waals surface area contributed by atoms with E-state index in [0.29, 0.717) is 35.9 Å². The number of hydrogen-bond donors (Lipinski definition) is 1. The fraction of sp³-hybridized carbons (Fsp3) is 0.217. The molecule has 164 valence electrons. The molecule has 0 atom stereocenters. The number of nitrogens with two attached hydrogens (primary N) is 1. The Labute approximate surface area is 184 Å². The number of carbonyl (C=O) groups excluding carboxylic acids is 1. The second-order valence-electron chi connectivity index (χ2n) is 6.92. The summed E-state index contributed by atoms with van der Waals surface area (Å²) in [5, 5.41) is 0. The van der Waals surface area contributed by atoms with Gasteiger partial charge >= 0.3 is 5.69 Å². The lowest BCUT2D eigenvalue weighted by Gasteiger charge is -2.10. The number of benzene rings is 2. The number of amides is 1. The minimum atomic E-state index is -0.750. The largest absolute Gasteiger partial charge is 0.496 e. The van der Waals surface area contributed by atoms with Crippen molar-refractivity contribution in [2.45, 2.75) is 20.4 Å². The van der Waals surface area contributed by atoms with Gasteiger partial charge in [-0.3, -0.25) is 9.36 Å². The quantitative estimate of drug-likeness (QED) is 0.479. The van der Waals surface area contributed by atoms with Crippen molar-refractivity contribution < 1.29 is 14.3 Å². The Kier molecular flexibility index (Phi) is 5.63. The number of aryl methyl sites for hydroxylation is 1. The van der Waals surface area contributed by atoms with Gasteiger partial charge in [0, 0.05) is 6.54 Å². The number of methoxy groups -OCH3 is 1. The number of primary amides is 1. The summed E-state index contributed by atoms with van der Waals surface area (Å²) in [5.41, 5.74) is 7.03. The number of ether oxygens (including phenoxy) is 2. The molecule has 1 amide bonds. The van der Waals surface area contributed by atoms with Gasteiger partial charge in [-0.1, -0.05) is 12.1 Å². The Morgan fingerprint density at radius 1 is 1.06 bits per heavy atom. The van der Waals surface area contributed by atoms with E-state index in [4.69, 9.17) is 15.2 Å². The number of fused-ring (bicyclic) bond motifs is 1. The van der Waals surface area contributed by atoms with Crippen molar-refractivity contribution in [3.05, 3.63) is 64.7 Å². The molecule has 9 heteroatoms. The second kappa shape index (κ2) is 8.54. The van der Waals surface area contributed by atoms with Crippen LogP contribution >= 0.6 is 0 Å². The van der Waals surface area contributed by atoms with Gasteiger partial charge in [-0.15, -0.1) is 0 Å². The van der Waals surface area contributed by atoms with Crippen molar-refractivity contribution in [3.63, 3.8) is 0 Å². The van der Waals surface area contributed by atoms with Crippen LogP contribution in [-0.4, -0.2) is 38.7 Å². The van der Waals surface area contributed by atoms with Crippen LogP contribution in [0.3, 0.4) is 0 Å². The van der Waals surface area contributed by atoms with Crippen LogP contribution < -0.4 is 20.9 Å². The van der Waals surface area contributed by atoms with Gasteiger partial charge in [-0.25, -0.2) is 19.3 Å². The van der Waals surface area contributed by atoms with Crippen molar-refractivity contribution in [1.29, 1.82) is 0 Å². The van der Waals surface area contributed by atoms with Crippen LogP contribution in [0.1, 0.15) is 24.3 Å². The summed E-state index contributed by atoms with van der Waals surface area (Å²) in [6, 6.07) is 14.3. The number of hydrogen-bond acceptors (Lipinski definition) is 6. The Bertz CT molecular complexity index is 1360. The standard InChI is InChI=1S/C23H23N5O4/c1-4-27-19-18(20(24)29)25-21(16-8-6-7-9-17(16)31-3)26-22(19)28(23(27)30)14-10-12-15(13-11-14)32-5-2/h6-13H,4-5H2,1-3H3,(H2,24,29). The number of nitrogens with zero attached hydrogens (tertiary/aromatic N) is 4. The van der Waals surface area contributed by atoms with E-state index in [-0.39, 0.29) is 28.4 Å². The summed E-state index contributed by atoms with van der Waals surface area (Å²) < 4.78 is 13.8. The van der Waals surface area contributed by atoms with Gasteiger partial charge in [0.15, 0.2) is 17.2 Å². The van der Waals surface area contributed by atoms with Crippen molar-refractivity contribution in [3.8, 4) is 28.6 Å². The minimum Gasteiger partial charge on any atom is -0.496 e. The van der Waals surface area contributed by atoms with E-state index in [1.807, 2.05) is 26.0 Å². The number of para-hydroxylation sites is 1. The van der Waals surface area contributed by atoms with E-state index in [1.165, 1.54) is 16.2 Å². The molecule has 4 rings (SSSR count). The number of rotatable bonds is 7. The SMILES string of the molecule is CCOc1ccc(-n2c(=O)n(CC)c3c(C(N)=O)nc(-c4ccccc4OC)nc32)cc1. The molecule has 0 saturated carbocycles. The summed E-state index contributed by atoms with van der Waals surface area (Å²) in [6.07, 6.45) is 0. The van der Waals surface area contributed by atoms with Gasteiger partial charge in [-0.2, -0.15) is 0 Å². The molecule has 0 aliphatic carbocycles. The molecule has 32 heavy (non-hydrogen) atoms. The molecular weight excluding hydrogens is 410 g/mol. The first-order chi connectivity index (χ1) is 15.5. The molecule has 0 aliphatic rings. The van der Waals surface area contributed by atoms with E-state index in [9.17, 15) is 9.59 Å². The summed E-state index contributed by atoms with van der Waals surface area (Å²) >= 11 is 0. The van der Waals surface area contributed by atoms with Crippen LogP contribution in [0.4, 0.5) is 0 Å². The van der Waals surface area contributed by atoms with Gasteiger partial charge in [0.05, 0.1) is 25.0 Å². The molecule has 0 spiro atoms. The number of aromatic nitrogens is 4. The van der Waals surface area contributed by atoms with E-state index in [0.717, 1.165) is 0 Å². The van der Waals surface area contributed by atoms with Crippen LogP contribution in [0.2, 0.25) is 0 Å². The first-order valence-corrected chi connectivity index (χ1v) is 10.2. The number of carbonyl (C=O) groups is 1. The third kappa shape index (κ3) is 3.47. The molecule has 2 aromatic heterocycles. The van der Waals surface area contributed by atoms with Crippen molar-refractivity contribution in [2.24, 2.45) is 5.73 Å². The fourth-order valence-electron chi connectivity index (χ4n) is 3.66. The molecule has 2 N–H and O–H groups in total. The molecular formula is C23H23N5O4. The maximum atomic E-state index is 13.3. The smallest absolute Gasteiger partial charge is 0.335 e. The van der Waals surface area contributed by atoms with Gasteiger partial charge < -0.3 is 15.2 Å². The molecule has 0 aliphatic heterocycles. The van der Waals surface area contributed by atoms with Crippen LogP contribution in [0.5, 0.6) is 11.5 Å². The van der Waals surface area contributed by atoms with Gasteiger partial charge in [0.25, 0.3) is 5.91 Å². The van der Waals surface area contributed by atoms with E-state index in [1.54, 1.807) is 36.4 Å². The van der Waals surface area contributed by atoms with Crippen LogP contribution in [0, 0.1) is 0 Å². The zero-order chi connectivity index (χ0) is 22.8. The third-order valence-electron chi connectivity index (χ3n) is 5.07. The third-order valence-corrected chi connectivity index (χ3v) is 5.07. The monoisotopic (exact) mass is 433 g/mol. The zero-order valence-electron chi connectivity index (χ0n) is 18.0. The topological polar surface area (TPSA) is 114 Å². The minimum absolute atomic E-state index is 0.0282. The highest BCUT2D eigenvalue weighted by atomic mass is 16.5. The zero-order valence-corrected chi connectivity index (χ0v) is 18.0. The Hall–Kier alpha value is -4.14. The molecule has 2 heterocycles. The fourth-order valence-corrected chi connectivity index (χ4v) is 3.66. The first kappa shape index (κ1) is 21.1. The van der Waals surface area contributed by atoms with Gasteiger partial charge in [-0.05, 0) is 50.2 Å². The van der Waals surface area contributed by atoms with Crippen LogP contribution in [-0.2, 0) is 6.54 Å². The molecule has 0 saturated heterocycles. The number of imidazole rings is 1. The molecule has 2 aromatic carbocycles. The van der Waals surface area contributed by atoms with E-state index < -0.39 is 5.91 Å². The second-order valence-corrected chi connectivity index (χ2v) is 6.92. The average molecular weight is 433 g/mol. The Balaban J connectivity index is 2.06. The lowest BCUT2D eigenvalue weighted by molar-refractivity contribution is 0.0997. The van der Waals surface area contributed by atoms with Gasteiger partial charge in [0.1, 0.15) is 17.0 Å². The van der Waals surface area contributed by atoms with Gasteiger partial charge in [0.2, 0.25) is 0 Å². The summed E-state index contributed by atoms with van der Waals surface area (Å²) in [7, 11) is 1.54. The average Bonchev–Trinajstić information content (AvgIpc) is 3.09. The lowest BCUT2D eigenvalue weighted by atomic mass is 10.1. The molecule has 0 fully saturated rings. The van der Waals surface area contributed by atoms with Crippen molar-refractivity contribution in [1.82, 2.24) is 19.1 Å². The maximum absolute atomic E-state index is 13.3. The van der Waals surface area contributed by atoms with Crippen LogP contribution in [0.15, 0.2) is 53.3 Å². The normalized spacial score (nSPS) is 11.0. The highest BCUT2D eigenvalue weighted by molar-refractivity contribution is 6.02. The van der Waals surface area contributed by atoms with Crippen LogP contribution in [0.25, 0.3) is 28.2 Å². The van der Waals surface area contributed by atoms with E-state index >= 15 is 0 Å². The highest BCUT2D eigenvalue weighted by Gasteiger charge is 2.24. The molecule has 0 unspecified atom stereocenters. The van der Waals surface area contributed by atoms with Crippen molar-refractivity contribution in [2.75, 3.05) is 13.7 Å². The predicted octanol–water partition coefficient (Wildman–Crippen LogP) is 2.78. The molecule has 4 aromatic rings. The summed E-state index contributed by atoms with van der Waals surface area (Å²) in [4.78, 5) is 34.8. The Morgan fingerprint density at radius 3 is 2.41 bits per heavy atom.